The first-order chi connectivity index (χ1) is 26.1. The fourth-order valence-electron chi connectivity index (χ4n) is 9.75. The molecule has 0 atom stereocenters. The SMILES string of the molecule is CC1(C)c2ccccc2-c2ccc3c(c21)c1ccccc1n3-c1nc(-c2ccccc2)c2c(n1)-c1ccccc1[Si]2(c1ccccc1)c1ccccc1. The van der Waals surface area contributed by atoms with Gasteiger partial charge in [-0.2, -0.15) is 0 Å². The maximum Gasteiger partial charge on any atom is 0.235 e. The molecule has 1 aliphatic heterocycles. The van der Waals surface area contributed by atoms with Crippen LogP contribution < -0.4 is 20.7 Å². The number of nitrogens with zero attached hydrogens (tertiary/aromatic N) is 3. The molecule has 3 nitrogen and oxygen atoms in total. The number of para-hydroxylation sites is 1. The maximum atomic E-state index is 5.74. The Kier molecular flexibility index (Phi) is 6.32. The number of benzene rings is 7. The van der Waals surface area contributed by atoms with Gasteiger partial charge in [-0.1, -0.05) is 178 Å². The monoisotopic (exact) mass is 693 g/mol. The second-order valence-corrected chi connectivity index (χ2v) is 18.6. The Labute approximate surface area is 309 Å². The zero-order valence-electron chi connectivity index (χ0n) is 29.6. The van der Waals surface area contributed by atoms with Crippen LogP contribution in [-0.4, -0.2) is 22.6 Å². The number of hydrogen-bond donors (Lipinski definition) is 0. The Hall–Kier alpha value is -6.36. The first-order valence-electron chi connectivity index (χ1n) is 18.4. The van der Waals surface area contributed by atoms with Crippen molar-refractivity contribution >= 4 is 50.6 Å². The van der Waals surface area contributed by atoms with Crippen LogP contribution in [0.5, 0.6) is 0 Å². The molecule has 11 rings (SSSR count). The van der Waals surface area contributed by atoms with E-state index in [9.17, 15) is 0 Å². The Morgan fingerprint density at radius 1 is 0.491 bits per heavy atom. The molecule has 2 aliphatic rings. The Bertz CT molecular complexity index is 2870. The van der Waals surface area contributed by atoms with Crippen molar-refractivity contribution < 1.29 is 0 Å². The van der Waals surface area contributed by atoms with Gasteiger partial charge in [-0.15, -0.1) is 0 Å². The average molecular weight is 694 g/mol. The lowest BCUT2D eigenvalue weighted by atomic mass is 9.80. The molecule has 1 aliphatic carbocycles. The molecule has 0 fully saturated rings. The van der Waals surface area contributed by atoms with Crippen LogP contribution in [0.25, 0.3) is 61.4 Å². The van der Waals surface area contributed by atoms with E-state index in [1.54, 1.807) is 0 Å². The molecule has 0 N–H and O–H groups in total. The number of fused-ring (bicyclic) bond motifs is 10. The van der Waals surface area contributed by atoms with Gasteiger partial charge in [0.2, 0.25) is 5.95 Å². The van der Waals surface area contributed by atoms with Crippen molar-refractivity contribution in [3.05, 3.63) is 187 Å². The molecule has 4 heteroatoms. The van der Waals surface area contributed by atoms with Gasteiger partial charge >= 0.3 is 0 Å². The van der Waals surface area contributed by atoms with Crippen molar-refractivity contribution in [1.82, 2.24) is 14.5 Å². The third kappa shape index (κ3) is 3.99. The third-order valence-corrected chi connectivity index (χ3v) is 16.7. The Morgan fingerprint density at radius 3 is 1.81 bits per heavy atom. The summed E-state index contributed by atoms with van der Waals surface area (Å²) in [6, 6.07) is 64.3. The smallest absolute Gasteiger partial charge is 0.235 e. The standard InChI is InChI=1S/C49H35N3Si/c1-49(2)39-27-15-12-24-35(39)36-30-31-41-43(44(36)49)37-25-13-16-28-40(37)52(41)48-50-45(32-18-6-3-7-19-32)47-46(51-48)38-26-14-17-29-42(38)53(47,33-20-8-4-9-21-33)34-22-10-5-11-23-34/h3-31H,1-2H3. The predicted octanol–water partition coefficient (Wildman–Crippen LogP) is 8.90. The lowest BCUT2D eigenvalue weighted by Crippen LogP contribution is -2.73. The molecular weight excluding hydrogens is 659 g/mol. The van der Waals surface area contributed by atoms with E-state index in [0.29, 0.717) is 5.95 Å². The molecule has 53 heavy (non-hydrogen) atoms. The second kappa shape index (κ2) is 11.1. The fourth-order valence-corrected chi connectivity index (χ4v) is 15.0. The van der Waals surface area contributed by atoms with Gasteiger partial charge in [-0.05, 0) is 49.9 Å². The fraction of sp³-hybridized carbons (Fsp3) is 0.0612. The summed E-state index contributed by atoms with van der Waals surface area (Å²) >= 11 is 0. The van der Waals surface area contributed by atoms with Gasteiger partial charge in [0.15, 0.2) is 8.07 Å². The molecule has 7 aromatic carbocycles. The van der Waals surface area contributed by atoms with E-state index < -0.39 is 8.07 Å². The summed E-state index contributed by atoms with van der Waals surface area (Å²) in [5.74, 6) is 0.697. The molecule has 0 saturated heterocycles. The van der Waals surface area contributed by atoms with Gasteiger partial charge in [0.25, 0.3) is 0 Å². The third-order valence-electron chi connectivity index (χ3n) is 11.9. The highest BCUT2D eigenvalue weighted by molar-refractivity contribution is 7.22. The molecule has 250 valence electrons. The highest BCUT2D eigenvalue weighted by atomic mass is 28.3. The highest BCUT2D eigenvalue weighted by Gasteiger charge is 2.52. The first kappa shape index (κ1) is 30.3. The quantitative estimate of drug-likeness (QED) is 0.173. The second-order valence-electron chi connectivity index (χ2n) is 14.9. The minimum Gasteiger partial charge on any atom is -0.278 e. The Balaban J connectivity index is 1.29. The van der Waals surface area contributed by atoms with Crippen LogP contribution in [0.1, 0.15) is 25.0 Å². The van der Waals surface area contributed by atoms with Gasteiger partial charge in [0.1, 0.15) is 0 Å². The molecule has 0 radical (unpaired) electrons. The minimum atomic E-state index is -2.87. The van der Waals surface area contributed by atoms with Crippen molar-refractivity contribution in [1.29, 1.82) is 0 Å². The zero-order chi connectivity index (χ0) is 35.3. The molecule has 3 heterocycles. The van der Waals surface area contributed by atoms with Crippen LogP contribution in [0.2, 0.25) is 0 Å². The highest BCUT2D eigenvalue weighted by Crippen LogP contribution is 2.53. The van der Waals surface area contributed by atoms with Gasteiger partial charge < -0.3 is 0 Å². The van der Waals surface area contributed by atoms with E-state index in [2.05, 4.69) is 194 Å². The molecule has 0 spiro atoms. The van der Waals surface area contributed by atoms with E-state index in [4.69, 9.17) is 9.97 Å². The van der Waals surface area contributed by atoms with Crippen molar-refractivity contribution in [3.63, 3.8) is 0 Å². The van der Waals surface area contributed by atoms with Crippen LogP contribution >= 0.6 is 0 Å². The molecule has 9 aromatic rings. The lowest BCUT2D eigenvalue weighted by Gasteiger charge is -2.32. The number of rotatable bonds is 4. The normalized spacial score (nSPS) is 14.5. The van der Waals surface area contributed by atoms with Gasteiger partial charge in [-0.25, -0.2) is 9.97 Å². The van der Waals surface area contributed by atoms with E-state index in [-0.39, 0.29) is 5.41 Å². The van der Waals surface area contributed by atoms with Crippen molar-refractivity contribution in [2.24, 2.45) is 0 Å². The summed E-state index contributed by atoms with van der Waals surface area (Å²) in [6.45, 7) is 4.74. The van der Waals surface area contributed by atoms with E-state index in [0.717, 1.165) is 28.0 Å². The van der Waals surface area contributed by atoms with Crippen LogP contribution in [-0.2, 0) is 5.41 Å². The molecule has 0 amide bonds. The lowest BCUT2D eigenvalue weighted by molar-refractivity contribution is 0.666. The zero-order valence-corrected chi connectivity index (χ0v) is 30.6. The number of hydrogen-bond acceptors (Lipinski definition) is 2. The van der Waals surface area contributed by atoms with Crippen LogP contribution in [0.15, 0.2) is 176 Å². The number of aromatic nitrogens is 3. The summed E-state index contributed by atoms with van der Waals surface area (Å²) in [6.07, 6.45) is 0. The maximum absolute atomic E-state index is 5.74. The summed E-state index contributed by atoms with van der Waals surface area (Å²) in [7, 11) is -2.87. The Morgan fingerprint density at radius 2 is 1.08 bits per heavy atom. The summed E-state index contributed by atoms with van der Waals surface area (Å²) < 4.78 is 2.33. The van der Waals surface area contributed by atoms with Crippen LogP contribution in [0.3, 0.4) is 0 Å². The molecule has 2 aromatic heterocycles. The van der Waals surface area contributed by atoms with Gasteiger partial charge in [-0.3, -0.25) is 4.57 Å². The van der Waals surface area contributed by atoms with E-state index in [1.165, 1.54) is 59.3 Å². The van der Waals surface area contributed by atoms with Crippen molar-refractivity contribution in [3.8, 4) is 39.6 Å². The van der Waals surface area contributed by atoms with Crippen molar-refractivity contribution in [2.75, 3.05) is 0 Å². The molecule has 0 bridgehead atoms. The molecule has 0 saturated carbocycles. The van der Waals surface area contributed by atoms with E-state index >= 15 is 0 Å². The van der Waals surface area contributed by atoms with Gasteiger partial charge in [0.05, 0.1) is 22.4 Å². The predicted molar refractivity (Wildman–Crippen MR) is 222 cm³/mol. The van der Waals surface area contributed by atoms with Crippen LogP contribution in [0, 0.1) is 0 Å². The minimum absolute atomic E-state index is 0.163. The average Bonchev–Trinajstić information content (AvgIpc) is 3.80. The van der Waals surface area contributed by atoms with E-state index in [1.807, 2.05) is 0 Å². The van der Waals surface area contributed by atoms with Gasteiger partial charge in [0, 0.05) is 32.5 Å². The largest absolute Gasteiger partial charge is 0.278 e. The molecular formula is C49H35N3Si. The first-order valence-corrected chi connectivity index (χ1v) is 20.4. The summed E-state index contributed by atoms with van der Waals surface area (Å²) in [5, 5.41) is 7.78. The van der Waals surface area contributed by atoms with Crippen LogP contribution in [0.4, 0.5) is 0 Å². The van der Waals surface area contributed by atoms with Crippen molar-refractivity contribution in [2.45, 2.75) is 19.3 Å². The summed E-state index contributed by atoms with van der Waals surface area (Å²) in [5.41, 5.74) is 11.8. The molecule has 0 unspecified atom stereocenters. The topological polar surface area (TPSA) is 30.7 Å². The summed E-state index contributed by atoms with van der Waals surface area (Å²) in [4.78, 5) is 11.5.